The molecule has 1 aromatic carbocycles. The number of hydrogen-bond donors (Lipinski definition) is 2. The molecule has 0 radical (unpaired) electrons. The number of rotatable bonds is 3. The third kappa shape index (κ3) is 2.34. The SMILES string of the molecule is Cc1ccc(Nc2cc(N(C)C)n[nH]2)cc1. The number of hydrogen-bond acceptors (Lipinski definition) is 3. The Bertz CT molecular complexity index is 456. The van der Waals surface area contributed by atoms with E-state index in [1.165, 1.54) is 5.56 Å². The van der Waals surface area contributed by atoms with Crippen molar-refractivity contribution in [2.24, 2.45) is 0 Å². The lowest BCUT2D eigenvalue weighted by Crippen LogP contribution is -2.08. The molecule has 2 aromatic rings. The highest BCUT2D eigenvalue weighted by Gasteiger charge is 2.02. The molecule has 4 heteroatoms. The summed E-state index contributed by atoms with van der Waals surface area (Å²) in [6.45, 7) is 2.07. The third-order valence-corrected chi connectivity index (χ3v) is 2.35. The van der Waals surface area contributed by atoms with E-state index in [1.54, 1.807) is 0 Å². The average molecular weight is 216 g/mol. The van der Waals surface area contributed by atoms with Gasteiger partial charge >= 0.3 is 0 Å². The molecular formula is C12H16N4. The van der Waals surface area contributed by atoms with Gasteiger partial charge in [0.25, 0.3) is 0 Å². The fourth-order valence-electron chi connectivity index (χ4n) is 1.40. The molecule has 0 saturated carbocycles. The molecule has 0 atom stereocenters. The minimum absolute atomic E-state index is 0.896. The van der Waals surface area contributed by atoms with Crippen molar-refractivity contribution in [2.75, 3.05) is 24.3 Å². The van der Waals surface area contributed by atoms with Crippen molar-refractivity contribution >= 4 is 17.3 Å². The van der Waals surface area contributed by atoms with Gasteiger partial charge in [0.15, 0.2) is 5.82 Å². The fourth-order valence-corrected chi connectivity index (χ4v) is 1.40. The van der Waals surface area contributed by atoms with Gasteiger partial charge in [0.05, 0.1) is 0 Å². The van der Waals surface area contributed by atoms with Gasteiger partial charge in [-0.3, -0.25) is 5.10 Å². The Morgan fingerprint density at radius 3 is 2.44 bits per heavy atom. The van der Waals surface area contributed by atoms with Gasteiger partial charge in [-0.1, -0.05) is 17.7 Å². The smallest absolute Gasteiger partial charge is 0.152 e. The van der Waals surface area contributed by atoms with Crippen molar-refractivity contribution in [2.45, 2.75) is 6.92 Å². The molecule has 84 valence electrons. The molecule has 1 aromatic heterocycles. The highest BCUT2D eigenvalue weighted by Crippen LogP contribution is 2.18. The van der Waals surface area contributed by atoms with Crippen molar-refractivity contribution in [1.29, 1.82) is 0 Å². The van der Waals surface area contributed by atoms with E-state index < -0.39 is 0 Å². The fraction of sp³-hybridized carbons (Fsp3) is 0.250. The van der Waals surface area contributed by atoms with E-state index >= 15 is 0 Å². The molecule has 0 saturated heterocycles. The molecule has 0 aliphatic heterocycles. The van der Waals surface area contributed by atoms with E-state index in [0.717, 1.165) is 17.3 Å². The highest BCUT2D eigenvalue weighted by molar-refractivity contribution is 5.59. The second-order valence-electron chi connectivity index (χ2n) is 4.03. The maximum Gasteiger partial charge on any atom is 0.152 e. The zero-order valence-electron chi connectivity index (χ0n) is 9.78. The van der Waals surface area contributed by atoms with Crippen molar-refractivity contribution in [3.63, 3.8) is 0 Å². The maximum atomic E-state index is 4.17. The number of aryl methyl sites for hydroxylation is 1. The van der Waals surface area contributed by atoms with Crippen molar-refractivity contribution in [3.8, 4) is 0 Å². The quantitative estimate of drug-likeness (QED) is 0.828. The number of nitrogens with one attached hydrogen (secondary N) is 2. The summed E-state index contributed by atoms with van der Waals surface area (Å²) in [5.41, 5.74) is 2.31. The van der Waals surface area contributed by atoms with E-state index in [4.69, 9.17) is 0 Å². The van der Waals surface area contributed by atoms with Crippen LogP contribution >= 0.6 is 0 Å². The van der Waals surface area contributed by atoms with Gasteiger partial charge in [-0.15, -0.1) is 0 Å². The number of benzene rings is 1. The third-order valence-electron chi connectivity index (χ3n) is 2.35. The van der Waals surface area contributed by atoms with Crippen molar-refractivity contribution < 1.29 is 0 Å². The Labute approximate surface area is 95.3 Å². The van der Waals surface area contributed by atoms with Crippen LogP contribution in [0.1, 0.15) is 5.56 Å². The van der Waals surface area contributed by atoms with Crippen LogP contribution in [0.5, 0.6) is 0 Å². The number of anilines is 3. The molecule has 0 aliphatic carbocycles. The minimum atomic E-state index is 0.896. The number of aromatic nitrogens is 2. The Hall–Kier alpha value is -1.97. The van der Waals surface area contributed by atoms with Crippen LogP contribution in [0.4, 0.5) is 17.3 Å². The first-order valence-electron chi connectivity index (χ1n) is 5.21. The van der Waals surface area contributed by atoms with Crippen LogP contribution in [0.25, 0.3) is 0 Å². The van der Waals surface area contributed by atoms with Gasteiger partial charge in [0.2, 0.25) is 0 Å². The standard InChI is InChI=1S/C12H16N4/c1-9-4-6-10(7-5-9)13-11-8-12(15-14-11)16(2)3/h4-8H,1-3H3,(H2,13,14,15). The van der Waals surface area contributed by atoms with E-state index in [-0.39, 0.29) is 0 Å². The van der Waals surface area contributed by atoms with Crippen LogP contribution in [0.15, 0.2) is 30.3 Å². The van der Waals surface area contributed by atoms with Crippen LogP contribution in [-0.4, -0.2) is 24.3 Å². The van der Waals surface area contributed by atoms with Gasteiger partial charge in [-0.2, -0.15) is 5.10 Å². The summed E-state index contributed by atoms with van der Waals surface area (Å²) < 4.78 is 0. The Morgan fingerprint density at radius 1 is 1.19 bits per heavy atom. The van der Waals surface area contributed by atoms with Crippen LogP contribution in [0, 0.1) is 6.92 Å². The Balaban J connectivity index is 2.11. The summed E-state index contributed by atoms with van der Waals surface area (Å²) in [4.78, 5) is 1.96. The summed E-state index contributed by atoms with van der Waals surface area (Å²) >= 11 is 0. The number of H-pyrrole nitrogens is 1. The summed E-state index contributed by atoms with van der Waals surface area (Å²) in [5, 5.41) is 10.4. The zero-order valence-corrected chi connectivity index (χ0v) is 9.78. The molecule has 0 fully saturated rings. The Morgan fingerprint density at radius 2 is 1.88 bits per heavy atom. The minimum Gasteiger partial charge on any atom is -0.361 e. The normalized spacial score (nSPS) is 10.2. The zero-order chi connectivity index (χ0) is 11.5. The molecule has 2 rings (SSSR count). The molecule has 0 spiro atoms. The molecule has 0 unspecified atom stereocenters. The van der Waals surface area contributed by atoms with Crippen LogP contribution in [0.3, 0.4) is 0 Å². The molecule has 2 N–H and O–H groups in total. The Kier molecular flexibility index (Phi) is 2.81. The molecule has 0 bridgehead atoms. The molecule has 16 heavy (non-hydrogen) atoms. The van der Waals surface area contributed by atoms with Crippen LogP contribution in [0.2, 0.25) is 0 Å². The number of nitrogens with zero attached hydrogens (tertiary/aromatic N) is 2. The summed E-state index contributed by atoms with van der Waals surface area (Å²) in [6, 6.07) is 10.2. The van der Waals surface area contributed by atoms with Gasteiger partial charge < -0.3 is 10.2 Å². The molecular weight excluding hydrogens is 200 g/mol. The van der Waals surface area contributed by atoms with E-state index in [1.807, 2.05) is 37.2 Å². The second-order valence-corrected chi connectivity index (χ2v) is 4.03. The monoisotopic (exact) mass is 216 g/mol. The summed E-state index contributed by atoms with van der Waals surface area (Å²) in [7, 11) is 3.93. The molecule has 4 nitrogen and oxygen atoms in total. The predicted molar refractivity (Wildman–Crippen MR) is 67.4 cm³/mol. The van der Waals surface area contributed by atoms with Gasteiger partial charge in [-0.25, -0.2) is 0 Å². The summed E-state index contributed by atoms with van der Waals surface area (Å²) in [6.07, 6.45) is 0. The first kappa shape index (κ1) is 10.5. The van der Waals surface area contributed by atoms with E-state index in [9.17, 15) is 0 Å². The first-order chi connectivity index (χ1) is 7.65. The lowest BCUT2D eigenvalue weighted by atomic mass is 10.2. The highest BCUT2D eigenvalue weighted by atomic mass is 15.3. The van der Waals surface area contributed by atoms with Gasteiger partial charge in [0.1, 0.15) is 5.82 Å². The van der Waals surface area contributed by atoms with E-state index in [2.05, 4.69) is 34.6 Å². The maximum absolute atomic E-state index is 4.17. The summed E-state index contributed by atoms with van der Waals surface area (Å²) in [5.74, 6) is 1.81. The lowest BCUT2D eigenvalue weighted by molar-refractivity contribution is 1.01. The average Bonchev–Trinajstić information content (AvgIpc) is 2.70. The predicted octanol–water partition coefficient (Wildman–Crippen LogP) is 2.53. The van der Waals surface area contributed by atoms with E-state index in [0.29, 0.717) is 0 Å². The van der Waals surface area contributed by atoms with Gasteiger partial charge in [-0.05, 0) is 19.1 Å². The second kappa shape index (κ2) is 4.26. The van der Waals surface area contributed by atoms with Crippen molar-refractivity contribution in [1.82, 2.24) is 10.2 Å². The van der Waals surface area contributed by atoms with Gasteiger partial charge in [0, 0.05) is 25.8 Å². The largest absolute Gasteiger partial charge is 0.361 e. The van der Waals surface area contributed by atoms with Crippen LogP contribution in [-0.2, 0) is 0 Å². The number of aromatic amines is 1. The lowest BCUT2D eigenvalue weighted by Gasteiger charge is -2.05. The molecule has 0 amide bonds. The van der Waals surface area contributed by atoms with Crippen LogP contribution < -0.4 is 10.2 Å². The van der Waals surface area contributed by atoms with Crippen molar-refractivity contribution in [3.05, 3.63) is 35.9 Å². The topological polar surface area (TPSA) is 44.0 Å². The first-order valence-corrected chi connectivity index (χ1v) is 5.21. The molecule has 1 heterocycles. The molecule has 0 aliphatic rings.